The molecule has 0 spiro atoms. The number of hydrogen-bond donors (Lipinski definition) is 1. The van der Waals surface area contributed by atoms with Gasteiger partial charge in [-0.05, 0) is 22.0 Å². The molecule has 0 radical (unpaired) electrons. The smallest absolute Gasteiger partial charge is 0.181 e. The highest BCUT2D eigenvalue weighted by atomic mass is 79.9. The van der Waals surface area contributed by atoms with Crippen LogP contribution in [0, 0.1) is 0 Å². The van der Waals surface area contributed by atoms with Crippen LogP contribution in [0.5, 0.6) is 0 Å². The van der Waals surface area contributed by atoms with Crippen molar-refractivity contribution in [3.63, 3.8) is 0 Å². The summed E-state index contributed by atoms with van der Waals surface area (Å²) in [5.41, 5.74) is 0. The van der Waals surface area contributed by atoms with Crippen LogP contribution in [0.3, 0.4) is 0 Å². The molecular weight excluding hydrogens is 220 g/mol. The van der Waals surface area contributed by atoms with Crippen molar-refractivity contribution >= 4 is 34.8 Å². The van der Waals surface area contributed by atoms with Gasteiger partial charge in [-0.3, -0.25) is 0 Å². The Morgan fingerprint density at radius 2 is 2.33 bits per heavy atom. The van der Waals surface area contributed by atoms with Crippen LogP contribution in [0.25, 0.3) is 12.7 Å². The summed E-state index contributed by atoms with van der Waals surface area (Å²) in [5.74, 6) is 0. The Morgan fingerprint density at radius 3 is 2.92 bits per heavy atom. The van der Waals surface area contributed by atoms with E-state index in [4.69, 9.17) is 5.21 Å². The number of halogens is 1. The Labute approximate surface area is 77.9 Å². The molecule has 0 fully saturated rings. The minimum atomic E-state index is 0.837. The van der Waals surface area contributed by atoms with Crippen LogP contribution in [0.1, 0.15) is 0 Å². The van der Waals surface area contributed by atoms with Gasteiger partial charge in [0, 0.05) is 10.4 Å². The normalized spacial score (nSPS) is 12.6. The maximum Gasteiger partial charge on any atom is 0.181 e. The molecule has 62 valence electrons. The summed E-state index contributed by atoms with van der Waals surface area (Å²) in [6, 6.07) is 0. The van der Waals surface area contributed by atoms with Crippen molar-refractivity contribution in [3.05, 3.63) is 27.3 Å². The summed E-state index contributed by atoms with van der Waals surface area (Å²) in [7, 11) is 0. The Bertz CT molecular complexity index is 400. The fourth-order valence-electron chi connectivity index (χ4n) is 0.819. The highest BCUT2D eigenvalue weighted by molar-refractivity contribution is 9.10. The number of pyridine rings is 1. The average Bonchev–Trinajstić information content (AvgIpc) is 2.04. The van der Waals surface area contributed by atoms with Gasteiger partial charge in [0.1, 0.15) is 0 Å². The molecule has 0 unspecified atom stereocenters. The van der Waals surface area contributed by atoms with E-state index in [1.54, 1.807) is 18.5 Å². The second-order valence-corrected chi connectivity index (χ2v) is 3.03. The Morgan fingerprint density at radius 1 is 1.58 bits per heavy atom. The van der Waals surface area contributed by atoms with Crippen LogP contribution in [0.2, 0.25) is 0 Å². The summed E-state index contributed by atoms with van der Waals surface area (Å²) >= 11 is 3.33. The average molecular weight is 228 g/mol. The predicted octanol–water partition coefficient (Wildman–Crippen LogP) is -0.0860. The van der Waals surface area contributed by atoms with E-state index in [1.807, 2.05) is 0 Å². The molecule has 0 aliphatic rings. The number of oxime groups is 1. The van der Waals surface area contributed by atoms with Crippen molar-refractivity contribution in [1.82, 2.24) is 0 Å². The van der Waals surface area contributed by atoms with Gasteiger partial charge >= 0.3 is 0 Å². The van der Waals surface area contributed by atoms with Gasteiger partial charge in [0.25, 0.3) is 0 Å². The molecule has 0 aliphatic carbocycles. The maximum absolute atomic E-state index is 8.20. The Hall–Kier alpha value is -1.16. The van der Waals surface area contributed by atoms with Crippen molar-refractivity contribution in [2.45, 2.75) is 0 Å². The molecule has 1 heterocycles. The van der Waals surface area contributed by atoms with Gasteiger partial charge in [0.2, 0.25) is 0 Å². The number of nitrogens with zero attached hydrogens (tertiary/aromatic N) is 1. The van der Waals surface area contributed by atoms with E-state index in [0.29, 0.717) is 0 Å². The van der Waals surface area contributed by atoms with Crippen molar-refractivity contribution in [3.8, 4) is 0 Å². The van der Waals surface area contributed by atoms with Crippen molar-refractivity contribution in [2.24, 2.45) is 5.16 Å². The first-order chi connectivity index (χ1) is 5.75. The van der Waals surface area contributed by atoms with E-state index in [9.17, 15) is 0 Å². The monoisotopic (exact) mass is 227 g/mol. The number of aromatic nitrogens is 1. The van der Waals surface area contributed by atoms with Crippen LogP contribution < -0.4 is 15.4 Å². The van der Waals surface area contributed by atoms with Gasteiger partial charge in [-0.25, -0.2) is 4.98 Å². The zero-order chi connectivity index (χ0) is 8.97. The molecule has 0 saturated carbocycles. The van der Waals surface area contributed by atoms with Crippen LogP contribution in [-0.4, -0.2) is 11.4 Å². The molecule has 0 amide bonds. The summed E-state index contributed by atoms with van der Waals surface area (Å²) in [5, 5.41) is 12.8. The topological polar surface area (TPSA) is 46.7 Å². The van der Waals surface area contributed by atoms with Gasteiger partial charge in [-0.2, -0.15) is 0 Å². The maximum atomic E-state index is 8.20. The summed E-state index contributed by atoms with van der Waals surface area (Å²) in [6.45, 7) is 3.80. The quantitative estimate of drug-likeness (QED) is 0.407. The van der Waals surface area contributed by atoms with Crippen LogP contribution >= 0.6 is 15.9 Å². The van der Waals surface area contributed by atoms with E-state index in [1.165, 1.54) is 6.21 Å². The van der Waals surface area contributed by atoms with E-state index >= 15 is 0 Å². The lowest BCUT2D eigenvalue weighted by Crippen LogP contribution is -2.29. The fraction of sp³-hybridized carbons (Fsp3) is 0. The molecule has 0 aromatic carbocycles. The molecule has 1 aromatic rings. The SMILES string of the molecule is C=c1c[nH+]cc(Br)/c1=C/C=N/O. The Balaban J connectivity index is 3.41. The van der Waals surface area contributed by atoms with Gasteiger partial charge in [-0.15, -0.1) is 0 Å². The lowest BCUT2D eigenvalue weighted by molar-refractivity contribution is -0.380. The van der Waals surface area contributed by atoms with Gasteiger partial charge < -0.3 is 5.21 Å². The van der Waals surface area contributed by atoms with Crippen LogP contribution in [0.4, 0.5) is 0 Å². The summed E-state index contributed by atoms with van der Waals surface area (Å²) < 4.78 is 0.884. The highest BCUT2D eigenvalue weighted by Gasteiger charge is 1.93. The number of hydrogen-bond acceptors (Lipinski definition) is 2. The third-order valence-corrected chi connectivity index (χ3v) is 2.03. The van der Waals surface area contributed by atoms with Gasteiger partial charge in [-0.1, -0.05) is 11.7 Å². The van der Waals surface area contributed by atoms with Gasteiger partial charge in [0.15, 0.2) is 12.4 Å². The molecule has 1 rings (SSSR count). The third-order valence-electron chi connectivity index (χ3n) is 1.38. The van der Waals surface area contributed by atoms with Crippen molar-refractivity contribution in [2.75, 3.05) is 0 Å². The first-order valence-electron chi connectivity index (χ1n) is 3.28. The van der Waals surface area contributed by atoms with E-state index in [2.05, 4.69) is 32.6 Å². The number of aromatic amines is 1. The Kier molecular flexibility index (Phi) is 2.99. The van der Waals surface area contributed by atoms with E-state index in [-0.39, 0.29) is 0 Å². The summed E-state index contributed by atoms with van der Waals surface area (Å²) in [6.07, 6.45) is 6.52. The first kappa shape index (κ1) is 8.93. The molecule has 0 saturated heterocycles. The lowest BCUT2D eigenvalue weighted by atomic mass is 10.3. The highest BCUT2D eigenvalue weighted by Crippen LogP contribution is 1.93. The molecule has 0 bridgehead atoms. The zero-order valence-electron chi connectivity index (χ0n) is 6.29. The van der Waals surface area contributed by atoms with Crippen molar-refractivity contribution < 1.29 is 10.2 Å². The second kappa shape index (κ2) is 4.01. The molecule has 0 atom stereocenters. The first-order valence-corrected chi connectivity index (χ1v) is 4.07. The summed E-state index contributed by atoms with van der Waals surface area (Å²) in [4.78, 5) is 2.91. The largest absolute Gasteiger partial charge is 0.411 e. The second-order valence-electron chi connectivity index (χ2n) is 2.17. The third kappa shape index (κ3) is 1.92. The number of nitrogens with one attached hydrogen (secondary N) is 1. The lowest BCUT2D eigenvalue weighted by Gasteiger charge is -1.85. The molecule has 12 heavy (non-hydrogen) atoms. The van der Waals surface area contributed by atoms with E-state index in [0.717, 1.165) is 14.9 Å². The minimum absolute atomic E-state index is 0.837. The number of H-pyrrole nitrogens is 1. The minimum Gasteiger partial charge on any atom is -0.411 e. The molecule has 3 nitrogen and oxygen atoms in total. The van der Waals surface area contributed by atoms with E-state index < -0.39 is 0 Å². The zero-order valence-corrected chi connectivity index (χ0v) is 7.87. The molecule has 1 aromatic heterocycles. The molecule has 0 aliphatic heterocycles. The molecule has 2 N–H and O–H groups in total. The fourth-order valence-corrected chi connectivity index (χ4v) is 1.34. The molecular formula is C8H8BrN2O+. The van der Waals surface area contributed by atoms with Crippen LogP contribution in [-0.2, 0) is 0 Å². The predicted molar refractivity (Wildman–Crippen MR) is 50.2 cm³/mol. The molecule has 4 heteroatoms. The van der Waals surface area contributed by atoms with Crippen LogP contribution in [0.15, 0.2) is 22.0 Å². The van der Waals surface area contributed by atoms with Gasteiger partial charge in [0.05, 0.1) is 10.7 Å². The van der Waals surface area contributed by atoms with Crippen molar-refractivity contribution in [1.29, 1.82) is 0 Å². The number of rotatable bonds is 1. The standard InChI is InChI=1S/C8H7BrN2O/c1-6-4-10-5-8(9)7(6)2-3-11-12/h2-5,12H,1H2/p+1/b7-2+,11-3+.